The quantitative estimate of drug-likeness (QED) is 0.484. The van der Waals surface area contributed by atoms with E-state index in [0.29, 0.717) is 0 Å². The zero-order valence-electron chi connectivity index (χ0n) is 9.63. The topological polar surface area (TPSA) is 0 Å². The lowest BCUT2D eigenvalue weighted by Crippen LogP contribution is -2.06. The Morgan fingerprint density at radius 1 is 1.06 bits per heavy atom. The van der Waals surface area contributed by atoms with Gasteiger partial charge in [0.05, 0.1) is 5.25 Å². The fraction of sp³-hybridized carbons (Fsp3) is 0.133. The molecule has 1 unspecified atom stereocenters. The molecule has 0 fully saturated rings. The lowest BCUT2D eigenvalue weighted by molar-refractivity contribution is 1.31. The molecular weight excluding hydrogens is 244 g/mol. The molecule has 2 heteroatoms. The standard InChI is InChI=1S/C15H14S2/c1-11-6-5-9-13(10-11)15(17)14(16)12-7-3-2-4-8-12/h2-10,14,16H,1H3. The number of hydrogen-bond donors (Lipinski definition) is 1. The molecule has 2 rings (SSSR count). The normalized spacial score (nSPS) is 12.1. The van der Waals surface area contributed by atoms with E-state index < -0.39 is 0 Å². The maximum atomic E-state index is 5.51. The van der Waals surface area contributed by atoms with Crippen LogP contribution in [0, 0.1) is 6.92 Å². The summed E-state index contributed by atoms with van der Waals surface area (Å²) in [5.74, 6) is 0. The molecule has 0 aliphatic carbocycles. The van der Waals surface area contributed by atoms with E-state index in [9.17, 15) is 0 Å². The molecule has 0 nitrogen and oxygen atoms in total. The third-order valence-corrected chi connectivity index (χ3v) is 3.87. The van der Waals surface area contributed by atoms with Gasteiger partial charge in [0.1, 0.15) is 0 Å². The summed E-state index contributed by atoms with van der Waals surface area (Å²) >= 11 is 10.1. The molecule has 17 heavy (non-hydrogen) atoms. The van der Waals surface area contributed by atoms with E-state index in [4.69, 9.17) is 12.2 Å². The number of thiocarbonyl (C=S) groups is 1. The number of thiol groups is 1. The van der Waals surface area contributed by atoms with Gasteiger partial charge in [-0.3, -0.25) is 0 Å². The SMILES string of the molecule is Cc1cccc(C(=S)C(S)c2ccccc2)c1. The van der Waals surface area contributed by atoms with E-state index in [-0.39, 0.29) is 5.25 Å². The number of aryl methyl sites for hydroxylation is 1. The van der Waals surface area contributed by atoms with Crippen LogP contribution in [0.15, 0.2) is 54.6 Å². The summed E-state index contributed by atoms with van der Waals surface area (Å²) in [5, 5.41) is -0.0204. The maximum absolute atomic E-state index is 5.51. The van der Waals surface area contributed by atoms with Crippen LogP contribution in [0.1, 0.15) is 21.9 Å². The molecule has 0 saturated heterocycles. The summed E-state index contributed by atoms with van der Waals surface area (Å²) in [4.78, 5) is 0.878. The first-order chi connectivity index (χ1) is 8.18. The van der Waals surface area contributed by atoms with Crippen molar-refractivity contribution in [2.45, 2.75) is 12.2 Å². The zero-order chi connectivity index (χ0) is 12.3. The first-order valence-corrected chi connectivity index (χ1v) is 6.45. The first-order valence-electron chi connectivity index (χ1n) is 5.52. The molecule has 2 aromatic rings. The molecule has 0 bridgehead atoms. The van der Waals surface area contributed by atoms with Gasteiger partial charge < -0.3 is 0 Å². The Hall–Kier alpha value is -1.12. The third kappa shape index (κ3) is 2.96. The minimum atomic E-state index is -0.0204. The van der Waals surface area contributed by atoms with Gasteiger partial charge in [-0.25, -0.2) is 0 Å². The first kappa shape index (κ1) is 12.3. The fourth-order valence-electron chi connectivity index (χ4n) is 1.74. The lowest BCUT2D eigenvalue weighted by atomic mass is 10.0. The van der Waals surface area contributed by atoms with Crippen molar-refractivity contribution in [1.82, 2.24) is 0 Å². The molecule has 0 heterocycles. The number of rotatable bonds is 3. The predicted octanol–water partition coefficient (Wildman–Crippen LogP) is 4.38. The van der Waals surface area contributed by atoms with Gasteiger partial charge in [0.15, 0.2) is 0 Å². The van der Waals surface area contributed by atoms with Crippen LogP contribution in [-0.4, -0.2) is 4.86 Å². The lowest BCUT2D eigenvalue weighted by Gasteiger charge is -2.13. The second-order valence-electron chi connectivity index (χ2n) is 4.05. The van der Waals surface area contributed by atoms with E-state index >= 15 is 0 Å². The molecular formula is C15H14S2. The van der Waals surface area contributed by atoms with Gasteiger partial charge in [0.25, 0.3) is 0 Å². The summed E-state index contributed by atoms with van der Waals surface area (Å²) in [6, 6.07) is 18.4. The van der Waals surface area contributed by atoms with E-state index in [0.717, 1.165) is 16.0 Å². The summed E-state index contributed by atoms with van der Waals surface area (Å²) < 4.78 is 0. The van der Waals surface area contributed by atoms with E-state index in [1.165, 1.54) is 5.56 Å². The van der Waals surface area contributed by atoms with Crippen LogP contribution >= 0.6 is 24.8 Å². The van der Waals surface area contributed by atoms with Gasteiger partial charge in [-0.05, 0) is 18.1 Å². The van der Waals surface area contributed by atoms with Gasteiger partial charge in [0.2, 0.25) is 0 Å². The zero-order valence-corrected chi connectivity index (χ0v) is 11.3. The van der Waals surface area contributed by atoms with E-state index in [1.54, 1.807) is 0 Å². The van der Waals surface area contributed by atoms with Gasteiger partial charge >= 0.3 is 0 Å². The Balaban J connectivity index is 2.27. The van der Waals surface area contributed by atoms with Gasteiger partial charge in [0, 0.05) is 4.86 Å². The van der Waals surface area contributed by atoms with Crippen molar-refractivity contribution >= 4 is 29.7 Å². The van der Waals surface area contributed by atoms with E-state index in [1.807, 2.05) is 30.3 Å². The Kier molecular flexibility index (Phi) is 3.97. The molecule has 0 radical (unpaired) electrons. The third-order valence-electron chi connectivity index (χ3n) is 2.67. The van der Waals surface area contributed by atoms with Crippen LogP contribution in [0.5, 0.6) is 0 Å². The van der Waals surface area contributed by atoms with Crippen molar-refractivity contribution < 1.29 is 0 Å². The molecule has 0 N–H and O–H groups in total. The largest absolute Gasteiger partial charge is 0.165 e. The highest BCUT2D eigenvalue weighted by Gasteiger charge is 2.13. The van der Waals surface area contributed by atoms with Crippen molar-refractivity contribution in [3.8, 4) is 0 Å². The highest BCUT2D eigenvalue weighted by Crippen LogP contribution is 2.25. The molecule has 0 aliphatic rings. The molecule has 0 amide bonds. The maximum Gasteiger partial charge on any atom is 0.0624 e. The summed E-state index contributed by atoms with van der Waals surface area (Å²) in [5.41, 5.74) is 3.45. The summed E-state index contributed by atoms with van der Waals surface area (Å²) in [6.07, 6.45) is 0. The second-order valence-corrected chi connectivity index (χ2v) is 5.00. The van der Waals surface area contributed by atoms with E-state index in [2.05, 4.69) is 43.8 Å². The Labute approximate surface area is 113 Å². The highest BCUT2D eigenvalue weighted by atomic mass is 32.1. The average molecular weight is 258 g/mol. The minimum absolute atomic E-state index is 0.0204. The van der Waals surface area contributed by atoms with Crippen molar-refractivity contribution in [1.29, 1.82) is 0 Å². The Bertz CT molecular complexity index is 517. The van der Waals surface area contributed by atoms with Crippen molar-refractivity contribution in [2.75, 3.05) is 0 Å². The average Bonchev–Trinajstić information content (AvgIpc) is 2.38. The molecule has 1 atom stereocenters. The molecule has 0 aromatic heterocycles. The molecule has 0 aliphatic heterocycles. The highest BCUT2D eigenvalue weighted by molar-refractivity contribution is 7.86. The summed E-state index contributed by atoms with van der Waals surface area (Å²) in [6.45, 7) is 2.07. The van der Waals surface area contributed by atoms with Crippen LogP contribution in [-0.2, 0) is 0 Å². The van der Waals surface area contributed by atoms with Gasteiger partial charge in [-0.1, -0.05) is 72.4 Å². The van der Waals surface area contributed by atoms with Crippen LogP contribution in [0.3, 0.4) is 0 Å². The molecule has 0 spiro atoms. The number of benzene rings is 2. The van der Waals surface area contributed by atoms with Crippen LogP contribution in [0.4, 0.5) is 0 Å². The smallest absolute Gasteiger partial charge is 0.0624 e. The monoisotopic (exact) mass is 258 g/mol. The molecule has 0 saturated carbocycles. The van der Waals surface area contributed by atoms with Crippen molar-refractivity contribution in [3.63, 3.8) is 0 Å². The second kappa shape index (κ2) is 5.48. The van der Waals surface area contributed by atoms with Crippen molar-refractivity contribution in [2.24, 2.45) is 0 Å². The molecule has 86 valence electrons. The van der Waals surface area contributed by atoms with Gasteiger partial charge in [-0.15, -0.1) is 0 Å². The molecule has 2 aromatic carbocycles. The Morgan fingerprint density at radius 2 is 1.76 bits per heavy atom. The van der Waals surface area contributed by atoms with Crippen LogP contribution in [0.25, 0.3) is 0 Å². The predicted molar refractivity (Wildman–Crippen MR) is 81.0 cm³/mol. The summed E-state index contributed by atoms with van der Waals surface area (Å²) in [7, 11) is 0. The minimum Gasteiger partial charge on any atom is -0.165 e. The van der Waals surface area contributed by atoms with Crippen LogP contribution < -0.4 is 0 Å². The van der Waals surface area contributed by atoms with Gasteiger partial charge in [-0.2, -0.15) is 12.6 Å². The fourth-order valence-corrected chi connectivity index (χ4v) is 2.33. The van der Waals surface area contributed by atoms with Crippen LogP contribution in [0.2, 0.25) is 0 Å². The number of hydrogen-bond acceptors (Lipinski definition) is 2. The van der Waals surface area contributed by atoms with Crippen molar-refractivity contribution in [3.05, 3.63) is 71.3 Å². The Morgan fingerprint density at radius 3 is 2.41 bits per heavy atom.